The number of aldehydes is 1. The van der Waals surface area contributed by atoms with Gasteiger partial charge in [-0.15, -0.1) is 0 Å². The Morgan fingerprint density at radius 2 is 2.56 bits per heavy atom. The lowest BCUT2D eigenvalue weighted by atomic mass is 10.5. The molecule has 3 heteroatoms. The van der Waals surface area contributed by atoms with Crippen LogP contribution >= 0.6 is 0 Å². The second kappa shape index (κ2) is 5.03. The van der Waals surface area contributed by atoms with Gasteiger partial charge in [0.2, 0.25) is 0 Å². The highest BCUT2D eigenvalue weighted by atomic mass is 16.6. The van der Waals surface area contributed by atoms with Crippen LogP contribution in [0.5, 0.6) is 0 Å². The molecule has 0 aromatic heterocycles. The monoisotopic (exact) mass is 127 g/mol. The minimum atomic E-state index is 0.330. The van der Waals surface area contributed by atoms with E-state index in [0.29, 0.717) is 18.6 Å². The Labute approximate surface area is 54.0 Å². The fraction of sp³-hybridized carbons (Fsp3) is 0.333. The van der Waals surface area contributed by atoms with Crippen LogP contribution < -0.4 is 0 Å². The molecule has 0 bridgehead atoms. The zero-order valence-corrected chi connectivity index (χ0v) is 5.33. The molecule has 0 aliphatic heterocycles. The van der Waals surface area contributed by atoms with Gasteiger partial charge in [-0.25, -0.2) is 0 Å². The standard InChI is InChI=1S/C6H9NO2/c1-3-4-9-7-6(2)5-8/h3,5H,1,4H2,2H3/b7-6+. The van der Waals surface area contributed by atoms with Gasteiger partial charge in [0.25, 0.3) is 0 Å². The van der Waals surface area contributed by atoms with E-state index in [0.717, 1.165) is 0 Å². The lowest BCUT2D eigenvalue weighted by Crippen LogP contribution is -1.93. The van der Waals surface area contributed by atoms with Gasteiger partial charge in [0, 0.05) is 0 Å². The summed E-state index contributed by atoms with van der Waals surface area (Å²) in [5, 5.41) is 3.41. The smallest absolute Gasteiger partial charge is 0.167 e. The van der Waals surface area contributed by atoms with Gasteiger partial charge < -0.3 is 4.84 Å². The van der Waals surface area contributed by atoms with Crippen molar-refractivity contribution in [3.63, 3.8) is 0 Å². The lowest BCUT2D eigenvalue weighted by molar-refractivity contribution is -0.102. The van der Waals surface area contributed by atoms with Gasteiger partial charge >= 0.3 is 0 Å². The molecule has 0 aliphatic carbocycles. The van der Waals surface area contributed by atoms with E-state index in [2.05, 4.69) is 16.6 Å². The lowest BCUT2D eigenvalue weighted by Gasteiger charge is -1.90. The van der Waals surface area contributed by atoms with Crippen LogP contribution in [0.15, 0.2) is 17.8 Å². The molecule has 0 heterocycles. The van der Waals surface area contributed by atoms with Crippen LogP contribution in [0.25, 0.3) is 0 Å². The first-order chi connectivity index (χ1) is 4.31. The van der Waals surface area contributed by atoms with Gasteiger partial charge in [0.15, 0.2) is 6.29 Å². The molecular weight excluding hydrogens is 118 g/mol. The molecule has 0 saturated heterocycles. The molecule has 0 spiro atoms. The highest BCUT2D eigenvalue weighted by Gasteiger charge is 1.82. The number of hydrogen-bond donors (Lipinski definition) is 0. The Morgan fingerprint density at radius 1 is 1.89 bits per heavy atom. The van der Waals surface area contributed by atoms with Crippen molar-refractivity contribution >= 4 is 12.0 Å². The summed E-state index contributed by atoms with van der Waals surface area (Å²) in [7, 11) is 0. The zero-order chi connectivity index (χ0) is 7.11. The Bertz CT molecular complexity index is 129. The molecule has 0 amide bonds. The quantitative estimate of drug-likeness (QED) is 0.184. The third-order valence-electron chi connectivity index (χ3n) is 0.571. The van der Waals surface area contributed by atoms with Crippen molar-refractivity contribution in [3.8, 4) is 0 Å². The Morgan fingerprint density at radius 3 is 3.00 bits per heavy atom. The van der Waals surface area contributed by atoms with E-state index in [1.54, 1.807) is 13.0 Å². The third-order valence-corrected chi connectivity index (χ3v) is 0.571. The highest BCUT2D eigenvalue weighted by molar-refractivity contribution is 6.26. The summed E-state index contributed by atoms with van der Waals surface area (Å²) < 4.78 is 0. The first-order valence-corrected chi connectivity index (χ1v) is 2.54. The van der Waals surface area contributed by atoms with Gasteiger partial charge in [-0.2, -0.15) is 0 Å². The van der Waals surface area contributed by atoms with Crippen molar-refractivity contribution in [2.75, 3.05) is 6.61 Å². The minimum Gasteiger partial charge on any atom is -0.391 e. The molecular formula is C6H9NO2. The number of rotatable bonds is 4. The first kappa shape index (κ1) is 7.88. The predicted molar refractivity (Wildman–Crippen MR) is 35.3 cm³/mol. The van der Waals surface area contributed by atoms with Crippen LogP contribution in [0.2, 0.25) is 0 Å². The topological polar surface area (TPSA) is 38.7 Å². The van der Waals surface area contributed by atoms with E-state index in [4.69, 9.17) is 0 Å². The zero-order valence-electron chi connectivity index (χ0n) is 5.33. The van der Waals surface area contributed by atoms with Crippen molar-refractivity contribution in [1.29, 1.82) is 0 Å². The van der Waals surface area contributed by atoms with Crippen molar-refractivity contribution < 1.29 is 9.63 Å². The van der Waals surface area contributed by atoms with Crippen LogP contribution in [-0.2, 0) is 9.63 Å². The average Bonchev–Trinajstić information content (AvgIpc) is 1.89. The summed E-state index contributed by atoms with van der Waals surface area (Å²) in [6, 6.07) is 0. The summed E-state index contributed by atoms with van der Waals surface area (Å²) >= 11 is 0. The predicted octanol–water partition coefficient (Wildman–Crippen LogP) is 0.764. The third kappa shape index (κ3) is 4.74. The molecule has 9 heavy (non-hydrogen) atoms. The highest BCUT2D eigenvalue weighted by Crippen LogP contribution is 1.77. The van der Waals surface area contributed by atoms with Crippen molar-refractivity contribution in [1.82, 2.24) is 0 Å². The minimum absolute atomic E-state index is 0.330. The Kier molecular flexibility index (Phi) is 4.40. The molecule has 0 atom stereocenters. The SMILES string of the molecule is C=CCO/N=C(\C)C=O. The molecule has 0 unspecified atom stereocenters. The molecule has 0 saturated carbocycles. The van der Waals surface area contributed by atoms with Crippen molar-refractivity contribution in [2.45, 2.75) is 6.92 Å². The molecule has 0 N–H and O–H groups in total. The summed E-state index contributed by atoms with van der Waals surface area (Å²) in [5.41, 5.74) is 0.330. The number of carbonyl (C=O) groups excluding carboxylic acids is 1. The number of oxime groups is 1. The van der Waals surface area contributed by atoms with Crippen LogP contribution in [0.4, 0.5) is 0 Å². The van der Waals surface area contributed by atoms with E-state index < -0.39 is 0 Å². The van der Waals surface area contributed by atoms with Crippen molar-refractivity contribution in [3.05, 3.63) is 12.7 Å². The molecule has 0 radical (unpaired) electrons. The first-order valence-electron chi connectivity index (χ1n) is 2.54. The van der Waals surface area contributed by atoms with Crippen molar-refractivity contribution in [2.24, 2.45) is 5.16 Å². The second-order valence-electron chi connectivity index (χ2n) is 1.43. The molecule has 0 aliphatic rings. The van der Waals surface area contributed by atoms with Crippen LogP contribution in [0.1, 0.15) is 6.92 Å². The van der Waals surface area contributed by atoms with Gasteiger partial charge in [-0.3, -0.25) is 4.79 Å². The molecule has 0 aromatic rings. The Balaban J connectivity index is 3.42. The molecule has 0 rings (SSSR count). The maximum absolute atomic E-state index is 9.86. The van der Waals surface area contributed by atoms with Crippen LogP contribution in [-0.4, -0.2) is 18.6 Å². The summed E-state index contributed by atoms with van der Waals surface area (Å²) in [6.45, 7) is 5.30. The summed E-state index contributed by atoms with van der Waals surface area (Å²) in [4.78, 5) is 14.4. The van der Waals surface area contributed by atoms with E-state index in [9.17, 15) is 4.79 Å². The molecule has 3 nitrogen and oxygen atoms in total. The molecule has 0 aromatic carbocycles. The van der Waals surface area contributed by atoms with E-state index >= 15 is 0 Å². The number of carbonyl (C=O) groups is 1. The molecule has 50 valence electrons. The van der Waals surface area contributed by atoms with E-state index in [-0.39, 0.29) is 0 Å². The fourth-order valence-electron chi connectivity index (χ4n) is 0.213. The Hall–Kier alpha value is -1.12. The summed E-state index contributed by atoms with van der Waals surface area (Å²) in [6.07, 6.45) is 2.19. The largest absolute Gasteiger partial charge is 0.391 e. The van der Waals surface area contributed by atoms with E-state index in [1.807, 2.05) is 0 Å². The number of hydrogen-bond acceptors (Lipinski definition) is 3. The van der Waals surface area contributed by atoms with Crippen LogP contribution in [0.3, 0.4) is 0 Å². The fourth-order valence-corrected chi connectivity index (χ4v) is 0.213. The maximum atomic E-state index is 9.86. The van der Waals surface area contributed by atoms with Gasteiger partial charge in [-0.1, -0.05) is 17.8 Å². The normalized spacial score (nSPS) is 10.6. The maximum Gasteiger partial charge on any atom is 0.167 e. The number of nitrogens with zero attached hydrogens (tertiary/aromatic N) is 1. The summed E-state index contributed by atoms with van der Waals surface area (Å²) in [5.74, 6) is 0. The van der Waals surface area contributed by atoms with Gasteiger partial charge in [0.05, 0.1) is 0 Å². The van der Waals surface area contributed by atoms with Gasteiger partial charge in [0.1, 0.15) is 12.3 Å². The average molecular weight is 127 g/mol. The van der Waals surface area contributed by atoms with Gasteiger partial charge in [-0.05, 0) is 6.92 Å². The second-order valence-corrected chi connectivity index (χ2v) is 1.43. The molecule has 0 fully saturated rings. The van der Waals surface area contributed by atoms with E-state index in [1.165, 1.54) is 0 Å². The van der Waals surface area contributed by atoms with Crippen LogP contribution in [0, 0.1) is 0 Å².